The van der Waals surface area contributed by atoms with Crippen molar-refractivity contribution in [3.8, 4) is 0 Å². The molecule has 0 bridgehead atoms. The van der Waals surface area contributed by atoms with Gasteiger partial charge in [-0.1, -0.05) is 36.4 Å². The first kappa shape index (κ1) is 19.6. The molecule has 0 aliphatic rings. The maximum Gasteiger partial charge on any atom is 0.251 e. The van der Waals surface area contributed by atoms with Gasteiger partial charge in [0.2, 0.25) is 5.91 Å². The summed E-state index contributed by atoms with van der Waals surface area (Å²) in [4.78, 5) is 24.3. The SMILES string of the molecule is CC(C)(C)NC(=O)c1cccc(NC(=S)NC(=O)Cc2ccccc2)c1. The third-order valence-electron chi connectivity index (χ3n) is 3.33. The number of nitrogens with one attached hydrogen (secondary N) is 3. The fraction of sp³-hybridized carbons (Fsp3) is 0.250. The van der Waals surface area contributed by atoms with Gasteiger partial charge in [-0.15, -0.1) is 0 Å². The molecule has 3 N–H and O–H groups in total. The lowest BCUT2D eigenvalue weighted by molar-refractivity contribution is -0.119. The largest absolute Gasteiger partial charge is 0.347 e. The minimum atomic E-state index is -0.318. The predicted octanol–water partition coefficient (Wildman–Crippen LogP) is 3.27. The van der Waals surface area contributed by atoms with Crippen molar-refractivity contribution in [3.63, 3.8) is 0 Å². The van der Waals surface area contributed by atoms with E-state index in [1.807, 2.05) is 51.1 Å². The second-order valence-electron chi connectivity index (χ2n) is 6.95. The van der Waals surface area contributed by atoms with Crippen LogP contribution >= 0.6 is 12.2 Å². The Morgan fingerprint density at radius 3 is 2.35 bits per heavy atom. The Bertz CT molecular complexity index is 798. The highest BCUT2D eigenvalue weighted by atomic mass is 32.1. The molecule has 0 aliphatic heterocycles. The maximum atomic E-state index is 12.2. The lowest BCUT2D eigenvalue weighted by atomic mass is 10.1. The third kappa shape index (κ3) is 6.64. The molecular weight excluding hydrogens is 346 g/mol. The molecule has 5 nitrogen and oxygen atoms in total. The summed E-state index contributed by atoms with van der Waals surface area (Å²) in [6.45, 7) is 5.76. The topological polar surface area (TPSA) is 70.2 Å². The zero-order chi connectivity index (χ0) is 19.2. The van der Waals surface area contributed by atoms with E-state index in [2.05, 4.69) is 16.0 Å². The van der Waals surface area contributed by atoms with Crippen molar-refractivity contribution >= 4 is 34.8 Å². The number of carbonyl (C=O) groups excluding carboxylic acids is 2. The monoisotopic (exact) mass is 369 g/mol. The Balaban J connectivity index is 1.93. The van der Waals surface area contributed by atoms with Crippen LogP contribution in [0, 0.1) is 0 Å². The van der Waals surface area contributed by atoms with Gasteiger partial charge >= 0.3 is 0 Å². The minimum Gasteiger partial charge on any atom is -0.347 e. The molecule has 0 saturated heterocycles. The highest BCUT2D eigenvalue weighted by Gasteiger charge is 2.15. The number of rotatable bonds is 4. The van der Waals surface area contributed by atoms with Crippen LogP contribution in [0.25, 0.3) is 0 Å². The summed E-state index contributed by atoms with van der Waals surface area (Å²) in [5.74, 6) is -0.365. The van der Waals surface area contributed by atoms with Gasteiger partial charge in [0.05, 0.1) is 6.42 Å². The molecule has 136 valence electrons. The van der Waals surface area contributed by atoms with Crippen LogP contribution in [0.5, 0.6) is 0 Å². The predicted molar refractivity (Wildman–Crippen MR) is 108 cm³/mol. The number of carbonyl (C=O) groups is 2. The van der Waals surface area contributed by atoms with Gasteiger partial charge in [-0.2, -0.15) is 0 Å². The van der Waals surface area contributed by atoms with Gasteiger partial charge in [0, 0.05) is 16.8 Å². The van der Waals surface area contributed by atoms with E-state index in [0.29, 0.717) is 11.3 Å². The Labute approximate surface area is 159 Å². The number of amides is 2. The molecule has 0 atom stereocenters. The lowest BCUT2D eigenvalue weighted by Crippen LogP contribution is -2.40. The van der Waals surface area contributed by atoms with Crippen molar-refractivity contribution in [3.05, 3.63) is 65.7 Å². The van der Waals surface area contributed by atoms with Gasteiger partial charge in [-0.3, -0.25) is 9.59 Å². The molecule has 0 heterocycles. The standard InChI is InChI=1S/C20H23N3O2S/c1-20(2,3)23-18(25)15-10-7-11-16(13-15)21-19(26)22-17(24)12-14-8-5-4-6-9-14/h4-11,13H,12H2,1-3H3,(H,23,25)(H2,21,22,24,26). The summed E-state index contributed by atoms with van der Waals surface area (Å²) in [6, 6.07) is 16.4. The van der Waals surface area contributed by atoms with E-state index in [9.17, 15) is 9.59 Å². The summed E-state index contributed by atoms with van der Waals surface area (Å²) in [5.41, 5.74) is 1.75. The van der Waals surface area contributed by atoms with Crippen molar-refractivity contribution in [1.82, 2.24) is 10.6 Å². The van der Waals surface area contributed by atoms with Crippen molar-refractivity contribution in [2.75, 3.05) is 5.32 Å². The number of hydrogen-bond acceptors (Lipinski definition) is 3. The highest BCUT2D eigenvalue weighted by Crippen LogP contribution is 2.12. The van der Waals surface area contributed by atoms with Crippen LogP contribution in [0.1, 0.15) is 36.7 Å². The fourth-order valence-corrected chi connectivity index (χ4v) is 2.50. The highest BCUT2D eigenvalue weighted by molar-refractivity contribution is 7.80. The van der Waals surface area contributed by atoms with Crippen LogP contribution in [-0.2, 0) is 11.2 Å². The molecule has 2 rings (SSSR count). The molecule has 2 amide bonds. The van der Waals surface area contributed by atoms with E-state index >= 15 is 0 Å². The Hall–Kier alpha value is -2.73. The number of anilines is 1. The first-order chi connectivity index (χ1) is 12.2. The Morgan fingerprint density at radius 2 is 1.69 bits per heavy atom. The van der Waals surface area contributed by atoms with Crippen molar-refractivity contribution in [2.45, 2.75) is 32.7 Å². The summed E-state index contributed by atoms with van der Waals surface area (Å²) in [5, 5.41) is 8.68. The van der Waals surface area contributed by atoms with Crippen LogP contribution in [0.2, 0.25) is 0 Å². The average Bonchev–Trinajstić information content (AvgIpc) is 2.54. The van der Waals surface area contributed by atoms with E-state index in [1.165, 1.54) is 0 Å². The van der Waals surface area contributed by atoms with Gasteiger partial charge in [0.1, 0.15) is 0 Å². The maximum absolute atomic E-state index is 12.2. The van der Waals surface area contributed by atoms with E-state index < -0.39 is 0 Å². The van der Waals surface area contributed by atoms with E-state index in [-0.39, 0.29) is 28.9 Å². The van der Waals surface area contributed by atoms with E-state index in [1.54, 1.807) is 24.3 Å². The molecule has 26 heavy (non-hydrogen) atoms. The van der Waals surface area contributed by atoms with Crippen molar-refractivity contribution in [2.24, 2.45) is 0 Å². The van der Waals surface area contributed by atoms with Crippen LogP contribution in [0.3, 0.4) is 0 Å². The molecule has 0 aromatic heterocycles. The summed E-state index contributed by atoms with van der Waals surface area (Å²) < 4.78 is 0. The molecule has 0 saturated carbocycles. The minimum absolute atomic E-state index is 0.166. The Morgan fingerprint density at radius 1 is 1.00 bits per heavy atom. The van der Waals surface area contributed by atoms with Crippen molar-refractivity contribution in [1.29, 1.82) is 0 Å². The normalized spacial score (nSPS) is 10.7. The van der Waals surface area contributed by atoms with Gasteiger partial charge in [-0.25, -0.2) is 0 Å². The Kier molecular flexibility index (Phi) is 6.46. The van der Waals surface area contributed by atoms with Crippen molar-refractivity contribution < 1.29 is 9.59 Å². The summed E-state index contributed by atoms with van der Waals surface area (Å²) >= 11 is 5.18. The van der Waals surface area contributed by atoms with Gasteiger partial charge in [-0.05, 0) is 56.8 Å². The number of thiocarbonyl (C=S) groups is 1. The quantitative estimate of drug-likeness (QED) is 0.724. The summed E-state index contributed by atoms with van der Waals surface area (Å²) in [6.07, 6.45) is 0.247. The third-order valence-corrected chi connectivity index (χ3v) is 3.54. The summed E-state index contributed by atoms with van der Waals surface area (Å²) in [7, 11) is 0. The molecule has 0 unspecified atom stereocenters. The first-order valence-electron chi connectivity index (χ1n) is 8.30. The van der Waals surface area contributed by atoms with Gasteiger partial charge in [0.15, 0.2) is 5.11 Å². The second kappa shape index (κ2) is 8.58. The van der Waals surface area contributed by atoms with Crippen LogP contribution in [0.15, 0.2) is 54.6 Å². The van der Waals surface area contributed by atoms with Crippen LogP contribution < -0.4 is 16.0 Å². The molecule has 0 spiro atoms. The molecule has 0 fully saturated rings. The number of hydrogen-bond donors (Lipinski definition) is 3. The second-order valence-corrected chi connectivity index (χ2v) is 7.36. The van der Waals surface area contributed by atoms with Gasteiger partial charge in [0.25, 0.3) is 5.91 Å². The van der Waals surface area contributed by atoms with Crippen LogP contribution in [0.4, 0.5) is 5.69 Å². The zero-order valence-electron chi connectivity index (χ0n) is 15.1. The average molecular weight is 369 g/mol. The molecule has 0 aliphatic carbocycles. The van der Waals surface area contributed by atoms with Crippen LogP contribution in [-0.4, -0.2) is 22.5 Å². The molecular formula is C20H23N3O2S. The van der Waals surface area contributed by atoms with E-state index in [0.717, 1.165) is 5.56 Å². The fourth-order valence-electron chi connectivity index (χ4n) is 2.27. The lowest BCUT2D eigenvalue weighted by Gasteiger charge is -2.20. The molecule has 2 aromatic carbocycles. The van der Waals surface area contributed by atoms with Gasteiger partial charge < -0.3 is 16.0 Å². The smallest absolute Gasteiger partial charge is 0.251 e. The first-order valence-corrected chi connectivity index (χ1v) is 8.71. The zero-order valence-corrected chi connectivity index (χ0v) is 15.9. The number of benzene rings is 2. The molecule has 0 radical (unpaired) electrons. The molecule has 6 heteroatoms. The molecule has 2 aromatic rings. The van der Waals surface area contributed by atoms with E-state index in [4.69, 9.17) is 12.2 Å².